The molecule has 0 aliphatic carbocycles. The van der Waals surface area contributed by atoms with Gasteiger partial charge in [-0.25, -0.2) is 4.68 Å². The lowest BCUT2D eigenvalue weighted by Crippen LogP contribution is -2.36. The average molecular weight is 392 g/mol. The number of carbonyl (C=O) groups excluding carboxylic acids is 1. The number of hydrogen-bond donors (Lipinski definition) is 2. The maximum Gasteiger partial charge on any atom is 0.276 e. The number of nitrogens with one attached hydrogen (secondary N) is 2. The Morgan fingerprint density at radius 3 is 2.31 bits per heavy atom. The van der Waals surface area contributed by atoms with Crippen LogP contribution in [-0.4, -0.2) is 17.1 Å². The normalized spacial score (nSPS) is 12.0. The number of fused-ring (bicyclic) bond motifs is 1. The van der Waals surface area contributed by atoms with Crippen LogP contribution in [0.4, 0.5) is 0 Å². The van der Waals surface area contributed by atoms with Gasteiger partial charge in [-0.2, -0.15) is 0 Å². The summed E-state index contributed by atoms with van der Waals surface area (Å²) in [5.74, 6) is -0.166. The minimum absolute atomic E-state index is 0.0877. The Hall–Kier alpha value is -3.08. The third-order valence-corrected chi connectivity index (χ3v) is 5.27. The highest BCUT2D eigenvalue weighted by molar-refractivity contribution is 6.07. The van der Waals surface area contributed by atoms with Gasteiger partial charge in [-0.3, -0.25) is 9.59 Å². The van der Waals surface area contributed by atoms with Gasteiger partial charge in [0, 0.05) is 17.3 Å². The molecule has 1 heterocycles. The van der Waals surface area contributed by atoms with Gasteiger partial charge in [-0.1, -0.05) is 68.8 Å². The molecule has 2 N–H and O–H groups in total. The summed E-state index contributed by atoms with van der Waals surface area (Å²) >= 11 is 0. The van der Waals surface area contributed by atoms with Crippen LogP contribution in [0.1, 0.15) is 60.8 Å². The fraction of sp³-hybridized carbons (Fsp3) is 0.333. The highest BCUT2D eigenvalue weighted by Gasteiger charge is 2.21. The van der Waals surface area contributed by atoms with Gasteiger partial charge in [0.2, 0.25) is 0 Å². The van der Waals surface area contributed by atoms with Crippen molar-refractivity contribution < 1.29 is 4.79 Å². The van der Waals surface area contributed by atoms with Crippen LogP contribution in [0.25, 0.3) is 10.8 Å². The molecule has 0 radical (unpaired) electrons. The summed E-state index contributed by atoms with van der Waals surface area (Å²) in [6, 6.07) is 17.2. The molecule has 3 rings (SSSR count). The summed E-state index contributed by atoms with van der Waals surface area (Å²) in [5.41, 5.74) is 5.31. The Morgan fingerprint density at radius 2 is 1.66 bits per heavy atom. The molecule has 0 spiro atoms. The number of aromatic nitrogens is 1. The lowest BCUT2D eigenvalue weighted by atomic mass is 10.0. The van der Waals surface area contributed by atoms with Crippen molar-refractivity contribution in [2.75, 3.05) is 12.0 Å². The molecule has 0 unspecified atom stereocenters. The number of unbranched alkanes of at least 4 members (excludes halogenated alkanes) is 1. The molecule has 0 saturated carbocycles. The molecule has 2 aromatic carbocycles. The van der Waals surface area contributed by atoms with Gasteiger partial charge in [0.25, 0.3) is 11.5 Å². The summed E-state index contributed by atoms with van der Waals surface area (Å²) in [6.07, 6.45) is 2.75. The number of pyridine rings is 1. The van der Waals surface area contributed by atoms with E-state index in [0.717, 1.165) is 24.8 Å². The third-order valence-electron chi connectivity index (χ3n) is 5.27. The maximum absolute atomic E-state index is 13.4. The van der Waals surface area contributed by atoms with E-state index in [0.29, 0.717) is 28.6 Å². The van der Waals surface area contributed by atoms with Crippen LogP contribution < -0.4 is 16.3 Å². The van der Waals surface area contributed by atoms with Crippen molar-refractivity contribution in [1.29, 1.82) is 0 Å². The van der Waals surface area contributed by atoms with Gasteiger partial charge >= 0.3 is 0 Å². The zero-order valence-corrected chi connectivity index (χ0v) is 17.4. The minimum Gasteiger partial charge on any atom is -0.345 e. The van der Waals surface area contributed by atoms with Crippen molar-refractivity contribution in [1.82, 2.24) is 9.99 Å². The number of carbonyl (C=O) groups is 1. The van der Waals surface area contributed by atoms with Gasteiger partial charge in [0.15, 0.2) is 0 Å². The highest BCUT2D eigenvalue weighted by Crippen LogP contribution is 2.22. The van der Waals surface area contributed by atoms with E-state index in [1.807, 2.05) is 55.5 Å². The molecule has 0 aliphatic rings. The minimum atomic E-state index is -0.166. The second-order valence-electron chi connectivity index (χ2n) is 7.25. The van der Waals surface area contributed by atoms with Crippen molar-refractivity contribution in [3.05, 3.63) is 81.8 Å². The molecule has 1 atom stereocenters. The number of amides is 1. The first kappa shape index (κ1) is 20.6. The van der Waals surface area contributed by atoms with E-state index in [9.17, 15) is 9.59 Å². The van der Waals surface area contributed by atoms with Crippen LogP contribution in [0.3, 0.4) is 0 Å². The van der Waals surface area contributed by atoms with Crippen molar-refractivity contribution in [3.8, 4) is 0 Å². The molecule has 1 aromatic heterocycles. The van der Waals surface area contributed by atoms with Crippen LogP contribution in [0.15, 0.2) is 59.4 Å². The molecule has 152 valence electrons. The van der Waals surface area contributed by atoms with E-state index in [4.69, 9.17) is 0 Å². The average Bonchev–Trinajstić information content (AvgIpc) is 2.75. The van der Waals surface area contributed by atoms with Crippen LogP contribution in [-0.2, 0) is 0 Å². The van der Waals surface area contributed by atoms with Gasteiger partial charge in [-0.05, 0) is 31.4 Å². The highest BCUT2D eigenvalue weighted by atomic mass is 16.2. The first-order valence-electron chi connectivity index (χ1n) is 10.3. The predicted molar refractivity (Wildman–Crippen MR) is 119 cm³/mol. The lowest BCUT2D eigenvalue weighted by Gasteiger charge is -2.21. The van der Waals surface area contributed by atoms with E-state index in [1.165, 1.54) is 4.68 Å². The molecule has 5 nitrogen and oxygen atoms in total. The van der Waals surface area contributed by atoms with Crippen molar-refractivity contribution in [3.63, 3.8) is 0 Å². The van der Waals surface area contributed by atoms with E-state index >= 15 is 0 Å². The van der Waals surface area contributed by atoms with Crippen molar-refractivity contribution in [2.45, 2.75) is 46.1 Å². The SMILES string of the molecule is CCCCNn1c(C)c(C(=O)N[C@@H](CC)c2ccccc2)c2ccccc2c1=O. The Labute approximate surface area is 171 Å². The zero-order chi connectivity index (χ0) is 20.8. The first-order chi connectivity index (χ1) is 14.1. The molecular formula is C24H29N3O2. The Morgan fingerprint density at radius 1 is 1.00 bits per heavy atom. The molecule has 5 heteroatoms. The van der Waals surface area contributed by atoms with Gasteiger partial charge < -0.3 is 10.7 Å². The Balaban J connectivity index is 2.05. The summed E-state index contributed by atoms with van der Waals surface area (Å²) in [5, 5.41) is 4.39. The largest absolute Gasteiger partial charge is 0.345 e. The topological polar surface area (TPSA) is 63.1 Å². The van der Waals surface area contributed by atoms with Crippen LogP contribution >= 0.6 is 0 Å². The number of nitrogens with zero attached hydrogens (tertiary/aromatic N) is 1. The van der Waals surface area contributed by atoms with Crippen LogP contribution in [0.2, 0.25) is 0 Å². The first-order valence-corrected chi connectivity index (χ1v) is 10.3. The summed E-state index contributed by atoms with van der Waals surface area (Å²) < 4.78 is 1.52. The summed E-state index contributed by atoms with van der Waals surface area (Å²) in [4.78, 5) is 26.3. The second-order valence-corrected chi connectivity index (χ2v) is 7.25. The predicted octanol–water partition coefficient (Wildman–Crippen LogP) is 4.53. The van der Waals surface area contributed by atoms with Crippen LogP contribution in [0.5, 0.6) is 0 Å². The van der Waals surface area contributed by atoms with Crippen LogP contribution in [0, 0.1) is 6.92 Å². The molecule has 3 aromatic rings. The standard InChI is InChI=1S/C24H29N3O2/c1-4-6-16-25-27-17(3)22(19-14-10-11-15-20(19)24(27)29)23(28)26-21(5-2)18-12-8-7-9-13-18/h7-15,21,25H,4-6,16H2,1-3H3,(H,26,28)/t21-/m0/s1. The Kier molecular flexibility index (Phi) is 6.70. The van der Waals surface area contributed by atoms with Gasteiger partial charge in [0.1, 0.15) is 0 Å². The number of benzene rings is 2. The molecule has 29 heavy (non-hydrogen) atoms. The number of rotatable bonds is 8. The molecule has 0 bridgehead atoms. The summed E-state index contributed by atoms with van der Waals surface area (Å²) in [7, 11) is 0. The fourth-order valence-electron chi connectivity index (χ4n) is 3.65. The van der Waals surface area contributed by atoms with E-state index in [2.05, 4.69) is 24.6 Å². The van der Waals surface area contributed by atoms with Gasteiger partial charge in [0.05, 0.1) is 17.3 Å². The van der Waals surface area contributed by atoms with Gasteiger partial charge in [-0.15, -0.1) is 0 Å². The molecule has 0 fully saturated rings. The molecule has 0 saturated heterocycles. The maximum atomic E-state index is 13.4. The third kappa shape index (κ3) is 4.34. The summed E-state index contributed by atoms with van der Waals surface area (Å²) in [6.45, 7) is 6.66. The quantitative estimate of drug-likeness (QED) is 0.554. The monoisotopic (exact) mass is 391 g/mol. The van der Waals surface area contributed by atoms with E-state index in [-0.39, 0.29) is 17.5 Å². The Bertz CT molecular complexity index is 1040. The van der Waals surface area contributed by atoms with E-state index in [1.54, 1.807) is 6.07 Å². The lowest BCUT2D eigenvalue weighted by molar-refractivity contribution is 0.0936. The molecular weight excluding hydrogens is 362 g/mol. The zero-order valence-electron chi connectivity index (χ0n) is 17.4. The van der Waals surface area contributed by atoms with Crippen molar-refractivity contribution >= 4 is 16.7 Å². The molecule has 0 aliphatic heterocycles. The fourth-order valence-corrected chi connectivity index (χ4v) is 3.65. The van der Waals surface area contributed by atoms with E-state index < -0.39 is 0 Å². The smallest absolute Gasteiger partial charge is 0.276 e. The second kappa shape index (κ2) is 9.41. The number of hydrogen-bond acceptors (Lipinski definition) is 3. The van der Waals surface area contributed by atoms with Crippen molar-refractivity contribution in [2.24, 2.45) is 0 Å². The molecule has 1 amide bonds.